The molecule has 0 saturated heterocycles. The number of carbonyl (C=O) groups is 2. The Hall–Kier alpha value is -1.27. The van der Waals surface area contributed by atoms with Crippen LogP contribution in [-0.4, -0.2) is 35.1 Å². The second kappa shape index (κ2) is 7.66. The van der Waals surface area contributed by atoms with Crippen molar-refractivity contribution in [3.8, 4) is 0 Å². The van der Waals surface area contributed by atoms with Crippen LogP contribution in [0.4, 0.5) is 10.5 Å². The number of anilines is 1. The maximum Gasteiger partial charge on any atom is 0.323 e. The summed E-state index contributed by atoms with van der Waals surface area (Å²) >= 11 is 9.39. The Balaban J connectivity index is 2.90. The second-order valence-corrected chi connectivity index (χ2v) is 6.44. The Morgan fingerprint density at radius 2 is 2.05 bits per heavy atom. The van der Waals surface area contributed by atoms with Gasteiger partial charge in [0.2, 0.25) is 0 Å². The average molecular weight is 378 g/mol. The lowest BCUT2D eigenvalue weighted by Crippen LogP contribution is -2.41. The van der Waals surface area contributed by atoms with Crippen LogP contribution in [0.25, 0.3) is 0 Å². The highest BCUT2D eigenvalue weighted by molar-refractivity contribution is 9.10. The van der Waals surface area contributed by atoms with Crippen LogP contribution in [0.5, 0.6) is 0 Å². The van der Waals surface area contributed by atoms with Crippen LogP contribution < -0.4 is 5.32 Å². The summed E-state index contributed by atoms with van der Waals surface area (Å²) in [6, 6.07) is 2.96. The normalized spacial score (nSPS) is 10.6. The molecule has 0 saturated carbocycles. The summed E-state index contributed by atoms with van der Waals surface area (Å²) in [6.45, 7) is 5.70. The summed E-state index contributed by atoms with van der Waals surface area (Å²) in [5.41, 5.74) is 1.39. The van der Waals surface area contributed by atoms with Gasteiger partial charge in [0.1, 0.15) is 6.54 Å². The number of amides is 2. The van der Waals surface area contributed by atoms with Crippen molar-refractivity contribution < 1.29 is 14.7 Å². The van der Waals surface area contributed by atoms with Gasteiger partial charge in [0.15, 0.2) is 0 Å². The maximum atomic E-state index is 12.2. The van der Waals surface area contributed by atoms with E-state index in [1.54, 1.807) is 12.1 Å². The fourth-order valence-corrected chi connectivity index (χ4v) is 2.48. The Kier molecular flexibility index (Phi) is 6.48. The van der Waals surface area contributed by atoms with E-state index in [9.17, 15) is 9.59 Å². The van der Waals surface area contributed by atoms with Gasteiger partial charge in [-0.2, -0.15) is 0 Å². The van der Waals surface area contributed by atoms with Crippen molar-refractivity contribution >= 4 is 45.2 Å². The van der Waals surface area contributed by atoms with Crippen LogP contribution in [0.1, 0.15) is 19.4 Å². The van der Waals surface area contributed by atoms with Crippen molar-refractivity contribution in [1.29, 1.82) is 0 Å². The molecule has 2 amide bonds. The van der Waals surface area contributed by atoms with Crippen molar-refractivity contribution in [2.45, 2.75) is 20.8 Å². The fraction of sp³-hybridized carbons (Fsp3) is 0.429. The predicted octanol–water partition coefficient (Wildman–Crippen LogP) is 3.99. The number of carboxylic acids is 1. The number of carbonyl (C=O) groups excluding carboxylic acids is 1. The zero-order valence-electron chi connectivity index (χ0n) is 12.1. The van der Waals surface area contributed by atoms with Crippen molar-refractivity contribution in [3.63, 3.8) is 0 Å². The Morgan fingerprint density at radius 3 is 2.57 bits per heavy atom. The molecule has 0 fully saturated rings. The molecule has 1 aromatic carbocycles. The lowest BCUT2D eigenvalue weighted by atomic mass is 10.2. The first kappa shape index (κ1) is 17.8. The number of hydrogen-bond acceptors (Lipinski definition) is 2. The molecule has 1 aromatic rings. The molecule has 1 rings (SSSR count). The van der Waals surface area contributed by atoms with E-state index in [0.717, 1.165) is 5.56 Å². The number of nitrogens with zero attached hydrogens (tertiary/aromatic N) is 1. The number of nitrogens with one attached hydrogen (secondary N) is 1. The molecule has 0 atom stereocenters. The molecule has 5 nitrogen and oxygen atoms in total. The van der Waals surface area contributed by atoms with E-state index in [2.05, 4.69) is 21.2 Å². The average Bonchev–Trinajstić information content (AvgIpc) is 2.33. The molecule has 0 aromatic heterocycles. The van der Waals surface area contributed by atoms with Crippen molar-refractivity contribution in [2.75, 3.05) is 18.4 Å². The minimum atomic E-state index is -1.05. The third kappa shape index (κ3) is 5.55. The number of carboxylic acid groups (broad SMARTS) is 1. The molecule has 116 valence electrons. The molecule has 0 spiro atoms. The molecule has 7 heteroatoms. The van der Waals surface area contributed by atoms with Crippen LogP contribution in [0, 0.1) is 12.8 Å². The predicted molar refractivity (Wildman–Crippen MR) is 87.0 cm³/mol. The van der Waals surface area contributed by atoms with E-state index in [1.807, 2.05) is 20.8 Å². The van der Waals surface area contributed by atoms with Crippen molar-refractivity contribution in [2.24, 2.45) is 5.92 Å². The number of halogens is 2. The van der Waals surface area contributed by atoms with Gasteiger partial charge in [0, 0.05) is 16.0 Å². The SMILES string of the molecule is Cc1cc(Br)c(NC(=O)N(CC(=O)O)CC(C)C)cc1Cl. The lowest BCUT2D eigenvalue weighted by molar-refractivity contribution is -0.137. The smallest absolute Gasteiger partial charge is 0.323 e. The first-order valence-corrected chi connectivity index (χ1v) is 7.61. The summed E-state index contributed by atoms with van der Waals surface area (Å²) in [5.74, 6) is -0.882. The van der Waals surface area contributed by atoms with Gasteiger partial charge in [-0.25, -0.2) is 4.79 Å². The van der Waals surface area contributed by atoms with Gasteiger partial charge >= 0.3 is 12.0 Å². The van der Waals surface area contributed by atoms with Crippen LogP contribution in [0.2, 0.25) is 5.02 Å². The number of urea groups is 1. The number of rotatable bonds is 5. The highest BCUT2D eigenvalue weighted by Gasteiger charge is 2.19. The highest BCUT2D eigenvalue weighted by Crippen LogP contribution is 2.29. The largest absolute Gasteiger partial charge is 0.480 e. The number of aryl methyl sites for hydroxylation is 1. The maximum absolute atomic E-state index is 12.2. The molecule has 0 unspecified atom stereocenters. The van der Waals surface area contributed by atoms with Gasteiger partial charge in [-0.05, 0) is 46.5 Å². The van der Waals surface area contributed by atoms with Crippen molar-refractivity contribution in [3.05, 3.63) is 27.2 Å². The van der Waals surface area contributed by atoms with E-state index in [0.29, 0.717) is 21.7 Å². The molecule has 2 N–H and O–H groups in total. The summed E-state index contributed by atoms with van der Waals surface area (Å²) in [4.78, 5) is 24.3. The minimum Gasteiger partial charge on any atom is -0.480 e. The van der Waals surface area contributed by atoms with Gasteiger partial charge in [0.25, 0.3) is 0 Å². The van der Waals surface area contributed by atoms with Crippen LogP contribution in [0.3, 0.4) is 0 Å². The first-order valence-electron chi connectivity index (χ1n) is 6.44. The number of benzene rings is 1. The van der Waals surface area contributed by atoms with Crippen LogP contribution in [-0.2, 0) is 4.79 Å². The molecular weight excluding hydrogens is 360 g/mol. The fourth-order valence-electron chi connectivity index (χ4n) is 1.76. The first-order chi connectivity index (χ1) is 9.70. The number of hydrogen-bond donors (Lipinski definition) is 2. The molecular formula is C14H18BrClN2O3. The minimum absolute atomic E-state index is 0.167. The lowest BCUT2D eigenvalue weighted by Gasteiger charge is -2.23. The van der Waals surface area contributed by atoms with Crippen molar-refractivity contribution in [1.82, 2.24) is 4.90 Å². The van der Waals surface area contributed by atoms with Gasteiger partial charge in [-0.15, -0.1) is 0 Å². The quantitative estimate of drug-likeness (QED) is 0.815. The molecule has 0 radical (unpaired) electrons. The molecule has 0 aliphatic carbocycles. The van der Waals surface area contributed by atoms with E-state index in [-0.39, 0.29) is 12.5 Å². The second-order valence-electron chi connectivity index (χ2n) is 5.18. The Morgan fingerprint density at radius 1 is 1.43 bits per heavy atom. The standard InChI is InChI=1S/C14H18BrClN2O3/c1-8(2)6-18(7-13(19)20)14(21)17-12-5-11(16)9(3)4-10(12)15/h4-5,8H,6-7H2,1-3H3,(H,17,21)(H,19,20). The van der Waals surface area contributed by atoms with Gasteiger partial charge in [0.05, 0.1) is 5.69 Å². The topological polar surface area (TPSA) is 69.6 Å². The summed E-state index contributed by atoms with van der Waals surface area (Å²) < 4.78 is 0.692. The third-order valence-electron chi connectivity index (χ3n) is 2.69. The summed E-state index contributed by atoms with van der Waals surface area (Å²) in [7, 11) is 0. The highest BCUT2D eigenvalue weighted by atomic mass is 79.9. The van der Waals surface area contributed by atoms with E-state index < -0.39 is 12.0 Å². The Bertz CT molecular complexity index is 549. The molecule has 0 heterocycles. The molecule has 0 bridgehead atoms. The molecule has 0 aliphatic rings. The van der Waals surface area contributed by atoms with Gasteiger partial charge in [-0.3, -0.25) is 4.79 Å². The van der Waals surface area contributed by atoms with Crippen LogP contribution in [0.15, 0.2) is 16.6 Å². The molecule has 0 aliphatic heterocycles. The van der Waals surface area contributed by atoms with Gasteiger partial charge < -0.3 is 15.3 Å². The van der Waals surface area contributed by atoms with E-state index in [1.165, 1.54) is 4.90 Å². The van der Waals surface area contributed by atoms with E-state index >= 15 is 0 Å². The molecule has 21 heavy (non-hydrogen) atoms. The van der Waals surface area contributed by atoms with Crippen LogP contribution >= 0.6 is 27.5 Å². The summed E-state index contributed by atoms with van der Waals surface area (Å²) in [5, 5.41) is 12.1. The zero-order chi connectivity index (χ0) is 16.2. The van der Waals surface area contributed by atoms with Gasteiger partial charge in [-0.1, -0.05) is 25.4 Å². The van der Waals surface area contributed by atoms with E-state index in [4.69, 9.17) is 16.7 Å². The Labute approximate surface area is 137 Å². The number of aliphatic carboxylic acids is 1. The monoisotopic (exact) mass is 376 g/mol. The third-order valence-corrected chi connectivity index (χ3v) is 3.75. The summed E-state index contributed by atoms with van der Waals surface area (Å²) in [6.07, 6.45) is 0. The zero-order valence-corrected chi connectivity index (χ0v) is 14.5.